The third-order valence-corrected chi connectivity index (χ3v) is 3.51. The number of rotatable bonds is 5. The number of nitrogens with zero attached hydrogens (tertiary/aromatic N) is 1. The van der Waals surface area contributed by atoms with Gasteiger partial charge in [0.25, 0.3) is 0 Å². The second-order valence-corrected chi connectivity index (χ2v) is 5.30. The van der Waals surface area contributed by atoms with Crippen molar-refractivity contribution in [2.24, 2.45) is 5.41 Å². The van der Waals surface area contributed by atoms with E-state index in [1.807, 2.05) is 5.38 Å². The summed E-state index contributed by atoms with van der Waals surface area (Å²) in [5.74, 6) is 0. The Morgan fingerprint density at radius 3 is 3.00 bits per heavy atom. The lowest BCUT2D eigenvalue weighted by Gasteiger charge is -2.08. The van der Waals surface area contributed by atoms with Crippen molar-refractivity contribution in [3.05, 3.63) is 11.1 Å². The van der Waals surface area contributed by atoms with Crippen LogP contribution in [0.5, 0.6) is 0 Å². The molecule has 1 aliphatic carbocycles. The van der Waals surface area contributed by atoms with E-state index < -0.39 is 0 Å². The van der Waals surface area contributed by atoms with E-state index in [-0.39, 0.29) is 0 Å². The maximum absolute atomic E-state index is 5.55. The van der Waals surface area contributed by atoms with Gasteiger partial charge < -0.3 is 11.1 Å². The summed E-state index contributed by atoms with van der Waals surface area (Å²) in [6.07, 6.45) is 3.75. The zero-order chi connectivity index (χ0) is 10.0. The number of aromatic nitrogens is 1. The van der Waals surface area contributed by atoms with Gasteiger partial charge in [0.1, 0.15) is 0 Å². The fourth-order valence-electron chi connectivity index (χ4n) is 1.43. The van der Waals surface area contributed by atoms with Crippen LogP contribution in [0.15, 0.2) is 5.38 Å². The van der Waals surface area contributed by atoms with Crippen molar-refractivity contribution >= 4 is 16.5 Å². The minimum Gasteiger partial charge on any atom is -0.375 e. The topological polar surface area (TPSA) is 50.9 Å². The number of nitrogens with two attached hydrogens (primary N) is 1. The molecule has 78 valence electrons. The molecular formula is C10H17N3S. The molecule has 0 bridgehead atoms. The lowest BCUT2D eigenvalue weighted by Crippen LogP contribution is -2.24. The molecule has 0 aliphatic heterocycles. The highest BCUT2D eigenvalue weighted by Crippen LogP contribution is 2.43. The van der Waals surface area contributed by atoms with Crippen LogP contribution in [0.1, 0.15) is 25.5 Å². The Balaban J connectivity index is 1.63. The van der Waals surface area contributed by atoms with E-state index in [1.54, 1.807) is 0 Å². The van der Waals surface area contributed by atoms with E-state index in [0.29, 0.717) is 10.5 Å². The fraction of sp³-hybridized carbons (Fsp3) is 0.700. The molecule has 0 radical (unpaired) electrons. The van der Waals surface area contributed by atoms with Gasteiger partial charge in [0.15, 0.2) is 5.13 Å². The van der Waals surface area contributed by atoms with E-state index >= 15 is 0 Å². The minimum absolute atomic E-state index is 0.598. The quantitative estimate of drug-likeness (QED) is 0.728. The number of thiazole rings is 1. The Morgan fingerprint density at radius 1 is 1.64 bits per heavy atom. The van der Waals surface area contributed by atoms with Gasteiger partial charge in [-0.3, -0.25) is 0 Å². The monoisotopic (exact) mass is 211 g/mol. The zero-order valence-electron chi connectivity index (χ0n) is 8.55. The van der Waals surface area contributed by atoms with Gasteiger partial charge in [0.2, 0.25) is 0 Å². The first-order valence-electron chi connectivity index (χ1n) is 5.09. The Labute approximate surface area is 88.7 Å². The van der Waals surface area contributed by atoms with E-state index in [9.17, 15) is 0 Å². The third kappa shape index (κ3) is 2.69. The van der Waals surface area contributed by atoms with Crippen LogP contribution in [0.2, 0.25) is 0 Å². The van der Waals surface area contributed by atoms with Crippen LogP contribution in [0, 0.1) is 5.41 Å². The van der Waals surface area contributed by atoms with Crippen LogP contribution in [0.3, 0.4) is 0 Å². The van der Waals surface area contributed by atoms with Gasteiger partial charge in [-0.15, -0.1) is 11.3 Å². The Hall–Kier alpha value is -0.610. The first kappa shape index (κ1) is 9.93. The van der Waals surface area contributed by atoms with Crippen LogP contribution in [-0.2, 0) is 6.42 Å². The van der Waals surface area contributed by atoms with Crippen LogP contribution in [0.4, 0.5) is 5.13 Å². The lowest BCUT2D eigenvalue weighted by atomic mass is 10.1. The summed E-state index contributed by atoms with van der Waals surface area (Å²) in [4.78, 5) is 4.22. The average Bonchev–Trinajstić information content (AvgIpc) is 2.73. The summed E-state index contributed by atoms with van der Waals surface area (Å²) in [5, 5.41) is 6.18. The maximum atomic E-state index is 5.55. The standard InChI is InChI=1S/C10H17N3S/c1-10(3-4-10)7-12-5-2-8-6-14-9(11)13-8/h6,12H,2-5,7H2,1H3,(H2,11,13). The molecule has 1 aliphatic rings. The van der Waals surface area contributed by atoms with Gasteiger partial charge in [0.05, 0.1) is 5.69 Å². The molecule has 0 saturated heterocycles. The molecule has 0 spiro atoms. The minimum atomic E-state index is 0.598. The number of nitrogens with one attached hydrogen (secondary N) is 1. The van der Waals surface area contributed by atoms with E-state index in [0.717, 1.165) is 25.2 Å². The van der Waals surface area contributed by atoms with Gasteiger partial charge in [-0.25, -0.2) is 4.98 Å². The molecule has 0 amide bonds. The van der Waals surface area contributed by atoms with Crippen LogP contribution in [0.25, 0.3) is 0 Å². The van der Waals surface area contributed by atoms with Crippen molar-refractivity contribution < 1.29 is 0 Å². The molecule has 3 N–H and O–H groups in total. The Morgan fingerprint density at radius 2 is 2.43 bits per heavy atom. The molecule has 3 nitrogen and oxygen atoms in total. The highest BCUT2D eigenvalue weighted by Gasteiger charge is 2.36. The van der Waals surface area contributed by atoms with Crippen molar-refractivity contribution in [2.45, 2.75) is 26.2 Å². The zero-order valence-corrected chi connectivity index (χ0v) is 9.36. The predicted octanol–water partition coefficient (Wildman–Crippen LogP) is 1.66. The third-order valence-electron chi connectivity index (χ3n) is 2.78. The summed E-state index contributed by atoms with van der Waals surface area (Å²) in [6.45, 7) is 4.49. The van der Waals surface area contributed by atoms with Crippen molar-refractivity contribution in [3.63, 3.8) is 0 Å². The normalized spacial score (nSPS) is 18.4. The number of hydrogen-bond acceptors (Lipinski definition) is 4. The largest absolute Gasteiger partial charge is 0.375 e. The van der Waals surface area contributed by atoms with Gasteiger partial charge in [-0.05, 0) is 18.3 Å². The highest BCUT2D eigenvalue weighted by atomic mass is 32.1. The average molecular weight is 211 g/mol. The molecule has 1 aromatic heterocycles. The molecular weight excluding hydrogens is 194 g/mol. The smallest absolute Gasteiger partial charge is 0.180 e. The van der Waals surface area contributed by atoms with E-state index in [2.05, 4.69) is 17.2 Å². The second kappa shape index (κ2) is 3.87. The SMILES string of the molecule is CC1(CNCCc2csc(N)n2)CC1. The predicted molar refractivity (Wildman–Crippen MR) is 60.4 cm³/mol. The van der Waals surface area contributed by atoms with Crippen molar-refractivity contribution in [3.8, 4) is 0 Å². The second-order valence-electron chi connectivity index (χ2n) is 4.41. The first-order chi connectivity index (χ1) is 6.68. The number of hydrogen-bond donors (Lipinski definition) is 2. The molecule has 1 fully saturated rings. The van der Waals surface area contributed by atoms with Crippen LogP contribution in [-0.4, -0.2) is 18.1 Å². The van der Waals surface area contributed by atoms with Crippen molar-refractivity contribution in [1.82, 2.24) is 10.3 Å². The van der Waals surface area contributed by atoms with Gasteiger partial charge in [0, 0.05) is 24.9 Å². The van der Waals surface area contributed by atoms with Gasteiger partial charge in [-0.2, -0.15) is 0 Å². The molecule has 2 rings (SSSR count). The van der Waals surface area contributed by atoms with Crippen LogP contribution < -0.4 is 11.1 Å². The molecule has 0 unspecified atom stereocenters. The summed E-state index contributed by atoms with van der Waals surface area (Å²) in [6, 6.07) is 0. The molecule has 4 heteroatoms. The Bertz CT molecular complexity index is 304. The van der Waals surface area contributed by atoms with E-state index in [1.165, 1.54) is 24.2 Å². The molecule has 0 atom stereocenters. The number of anilines is 1. The lowest BCUT2D eigenvalue weighted by molar-refractivity contribution is 0.501. The fourth-order valence-corrected chi connectivity index (χ4v) is 2.03. The molecule has 14 heavy (non-hydrogen) atoms. The highest BCUT2D eigenvalue weighted by molar-refractivity contribution is 7.13. The molecule has 1 heterocycles. The summed E-state index contributed by atoms with van der Waals surface area (Å²) < 4.78 is 0. The molecule has 1 saturated carbocycles. The number of nitrogen functional groups attached to an aromatic ring is 1. The van der Waals surface area contributed by atoms with Crippen molar-refractivity contribution in [2.75, 3.05) is 18.8 Å². The summed E-state index contributed by atoms with van der Waals surface area (Å²) in [7, 11) is 0. The molecule has 0 aromatic carbocycles. The van der Waals surface area contributed by atoms with E-state index in [4.69, 9.17) is 5.73 Å². The molecule has 1 aromatic rings. The van der Waals surface area contributed by atoms with Crippen LogP contribution >= 0.6 is 11.3 Å². The van der Waals surface area contributed by atoms with Gasteiger partial charge in [-0.1, -0.05) is 6.92 Å². The maximum Gasteiger partial charge on any atom is 0.180 e. The Kier molecular flexibility index (Phi) is 2.74. The van der Waals surface area contributed by atoms with Crippen molar-refractivity contribution in [1.29, 1.82) is 0 Å². The summed E-state index contributed by atoms with van der Waals surface area (Å²) in [5.41, 5.74) is 7.26. The van der Waals surface area contributed by atoms with Gasteiger partial charge >= 0.3 is 0 Å². The summed E-state index contributed by atoms with van der Waals surface area (Å²) >= 11 is 1.52. The first-order valence-corrected chi connectivity index (χ1v) is 5.97.